The lowest BCUT2D eigenvalue weighted by Gasteiger charge is -2.08. The van der Waals surface area contributed by atoms with Crippen LogP contribution in [-0.2, 0) is 10.8 Å². The Morgan fingerprint density at radius 2 is 1.94 bits per heavy atom. The van der Waals surface area contributed by atoms with Crippen LogP contribution >= 0.6 is 11.6 Å². The molecule has 0 radical (unpaired) electrons. The van der Waals surface area contributed by atoms with E-state index in [1.807, 2.05) is 0 Å². The molecule has 0 aliphatic heterocycles. The number of Topliss-reactive ketones (excluding diaryl/α,β-unsaturated/α-hetero) is 1. The molecule has 1 saturated carbocycles. The molecule has 0 N–H and O–H groups in total. The maximum atomic E-state index is 12.0. The van der Waals surface area contributed by atoms with Crippen LogP contribution in [0.15, 0.2) is 24.3 Å². The normalized spacial score (nSPS) is 17.8. The van der Waals surface area contributed by atoms with Crippen molar-refractivity contribution >= 4 is 28.2 Å². The standard InChI is InChI=1S/C14H17ClO2S/c15-13-8-4-3-7-12(13)14(16)10-18(17)9-11-5-1-2-6-11/h3-4,7-8,11H,1-2,5-6,9-10H2. The summed E-state index contributed by atoms with van der Waals surface area (Å²) < 4.78 is 11.9. The predicted molar refractivity (Wildman–Crippen MR) is 75.6 cm³/mol. The van der Waals surface area contributed by atoms with Crippen molar-refractivity contribution in [1.82, 2.24) is 0 Å². The average molecular weight is 285 g/mol. The first-order valence-corrected chi connectivity index (χ1v) is 8.16. The lowest BCUT2D eigenvalue weighted by atomic mass is 10.1. The largest absolute Gasteiger partial charge is 0.293 e. The molecule has 0 saturated heterocycles. The molecule has 0 bridgehead atoms. The summed E-state index contributed by atoms with van der Waals surface area (Å²) in [4.78, 5) is 12.0. The van der Waals surface area contributed by atoms with Crippen LogP contribution in [0.2, 0.25) is 5.02 Å². The van der Waals surface area contributed by atoms with Crippen molar-refractivity contribution in [2.45, 2.75) is 25.7 Å². The zero-order chi connectivity index (χ0) is 13.0. The van der Waals surface area contributed by atoms with Gasteiger partial charge >= 0.3 is 0 Å². The van der Waals surface area contributed by atoms with Crippen molar-refractivity contribution in [3.63, 3.8) is 0 Å². The van der Waals surface area contributed by atoms with Gasteiger partial charge < -0.3 is 0 Å². The molecule has 1 aromatic rings. The highest BCUT2D eigenvalue weighted by Gasteiger charge is 2.20. The molecule has 1 unspecified atom stereocenters. The number of rotatable bonds is 5. The maximum absolute atomic E-state index is 12.0. The molecule has 98 valence electrons. The van der Waals surface area contributed by atoms with Gasteiger partial charge in [0.25, 0.3) is 0 Å². The monoisotopic (exact) mass is 284 g/mol. The van der Waals surface area contributed by atoms with E-state index in [2.05, 4.69) is 0 Å². The minimum Gasteiger partial charge on any atom is -0.293 e. The highest BCUT2D eigenvalue weighted by Crippen LogP contribution is 2.25. The fourth-order valence-electron chi connectivity index (χ4n) is 2.41. The SMILES string of the molecule is O=C(CS(=O)CC1CCCC1)c1ccccc1Cl. The van der Waals surface area contributed by atoms with Crippen LogP contribution in [0.4, 0.5) is 0 Å². The third-order valence-electron chi connectivity index (χ3n) is 3.36. The summed E-state index contributed by atoms with van der Waals surface area (Å²) in [5, 5.41) is 0.445. The van der Waals surface area contributed by atoms with Crippen molar-refractivity contribution in [3.8, 4) is 0 Å². The molecule has 1 aromatic carbocycles. The Morgan fingerprint density at radius 1 is 1.28 bits per heavy atom. The van der Waals surface area contributed by atoms with Crippen LogP contribution < -0.4 is 0 Å². The quantitative estimate of drug-likeness (QED) is 0.776. The second-order valence-electron chi connectivity index (χ2n) is 4.80. The molecular formula is C14H17ClO2S. The molecule has 0 heterocycles. The molecule has 18 heavy (non-hydrogen) atoms. The van der Waals surface area contributed by atoms with Crippen LogP contribution in [0.1, 0.15) is 36.0 Å². The summed E-state index contributed by atoms with van der Waals surface area (Å²) in [6.07, 6.45) is 4.79. The zero-order valence-corrected chi connectivity index (χ0v) is 11.8. The van der Waals surface area contributed by atoms with E-state index >= 15 is 0 Å². The Labute approximate surface area is 115 Å². The van der Waals surface area contributed by atoms with Gasteiger partial charge in [-0.2, -0.15) is 0 Å². The van der Waals surface area contributed by atoms with Gasteiger partial charge in [0.05, 0.1) is 10.8 Å². The van der Waals surface area contributed by atoms with Gasteiger partial charge in [-0.25, -0.2) is 0 Å². The predicted octanol–water partition coefficient (Wildman–Crippen LogP) is 3.46. The molecule has 0 amide bonds. The van der Waals surface area contributed by atoms with Crippen molar-refractivity contribution in [2.75, 3.05) is 11.5 Å². The Bertz CT molecular complexity index is 453. The fourth-order valence-corrected chi connectivity index (χ4v) is 4.08. The van der Waals surface area contributed by atoms with Gasteiger partial charge in [0.1, 0.15) is 0 Å². The number of hydrogen-bond acceptors (Lipinski definition) is 2. The van der Waals surface area contributed by atoms with Gasteiger partial charge in [-0.05, 0) is 30.9 Å². The molecule has 1 aliphatic carbocycles. The van der Waals surface area contributed by atoms with E-state index in [0.29, 0.717) is 22.3 Å². The topological polar surface area (TPSA) is 34.1 Å². The molecule has 1 atom stereocenters. The van der Waals surface area contributed by atoms with Crippen LogP contribution in [-0.4, -0.2) is 21.5 Å². The molecular weight excluding hydrogens is 268 g/mol. The summed E-state index contributed by atoms with van der Waals surface area (Å²) >= 11 is 5.95. The van der Waals surface area contributed by atoms with Gasteiger partial charge in [-0.3, -0.25) is 9.00 Å². The number of ketones is 1. The van der Waals surface area contributed by atoms with Crippen LogP contribution in [0.3, 0.4) is 0 Å². The molecule has 2 nitrogen and oxygen atoms in total. The van der Waals surface area contributed by atoms with E-state index in [1.165, 1.54) is 12.8 Å². The molecule has 2 rings (SSSR count). The minimum atomic E-state index is -1.06. The van der Waals surface area contributed by atoms with Crippen LogP contribution in [0, 0.1) is 5.92 Å². The maximum Gasteiger partial charge on any atom is 0.176 e. The second-order valence-corrected chi connectivity index (χ2v) is 6.71. The van der Waals surface area contributed by atoms with Crippen LogP contribution in [0.25, 0.3) is 0 Å². The van der Waals surface area contributed by atoms with E-state index in [-0.39, 0.29) is 11.5 Å². The molecule has 1 fully saturated rings. The Morgan fingerprint density at radius 3 is 2.61 bits per heavy atom. The molecule has 0 spiro atoms. The molecule has 0 aromatic heterocycles. The summed E-state index contributed by atoms with van der Waals surface area (Å²) in [6.45, 7) is 0. The van der Waals surface area contributed by atoms with Crippen molar-refractivity contribution in [1.29, 1.82) is 0 Å². The van der Waals surface area contributed by atoms with Crippen LogP contribution in [0.5, 0.6) is 0 Å². The van der Waals surface area contributed by atoms with Gasteiger partial charge in [-0.15, -0.1) is 0 Å². The first kappa shape index (κ1) is 13.8. The van der Waals surface area contributed by atoms with Gasteiger partial charge in [0.15, 0.2) is 5.78 Å². The van der Waals surface area contributed by atoms with E-state index in [9.17, 15) is 9.00 Å². The smallest absolute Gasteiger partial charge is 0.176 e. The van der Waals surface area contributed by atoms with Crippen molar-refractivity contribution in [3.05, 3.63) is 34.9 Å². The highest BCUT2D eigenvalue weighted by atomic mass is 35.5. The first-order chi connectivity index (χ1) is 8.66. The minimum absolute atomic E-state index is 0.0975. The number of benzene rings is 1. The highest BCUT2D eigenvalue weighted by molar-refractivity contribution is 7.85. The van der Waals surface area contributed by atoms with E-state index in [4.69, 9.17) is 11.6 Å². The third-order valence-corrected chi connectivity index (χ3v) is 5.12. The van der Waals surface area contributed by atoms with Gasteiger partial charge in [-0.1, -0.05) is 36.6 Å². The second kappa shape index (κ2) is 6.48. The summed E-state index contributed by atoms with van der Waals surface area (Å²) in [7, 11) is -1.06. The lowest BCUT2D eigenvalue weighted by Crippen LogP contribution is -2.17. The number of hydrogen-bond donors (Lipinski definition) is 0. The first-order valence-electron chi connectivity index (χ1n) is 6.29. The van der Waals surface area contributed by atoms with Gasteiger partial charge in [0.2, 0.25) is 0 Å². The Kier molecular flexibility index (Phi) is 4.95. The summed E-state index contributed by atoms with van der Waals surface area (Å²) in [5.41, 5.74) is 0.485. The average Bonchev–Trinajstić information content (AvgIpc) is 2.82. The fraction of sp³-hybridized carbons (Fsp3) is 0.500. The zero-order valence-electron chi connectivity index (χ0n) is 10.2. The number of carbonyl (C=O) groups is 1. The Hall–Kier alpha value is -0.670. The lowest BCUT2D eigenvalue weighted by molar-refractivity contribution is 0.102. The van der Waals surface area contributed by atoms with E-state index < -0.39 is 10.8 Å². The Balaban J connectivity index is 1.91. The third kappa shape index (κ3) is 3.66. The van der Waals surface area contributed by atoms with E-state index in [1.54, 1.807) is 24.3 Å². The van der Waals surface area contributed by atoms with Crippen molar-refractivity contribution < 1.29 is 9.00 Å². The summed E-state index contributed by atoms with van der Waals surface area (Å²) in [6, 6.07) is 6.94. The summed E-state index contributed by atoms with van der Waals surface area (Å²) in [5.74, 6) is 1.19. The number of halogens is 1. The van der Waals surface area contributed by atoms with Crippen molar-refractivity contribution in [2.24, 2.45) is 5.92 Å². The van der Waals surface area contributed by atoms with Gasteiger partial charge in [0, 0.05) is 22.1 Å². The number of carbonyl (C=O) groups excluding carboxylic acids is 1. The molecule has 4 heteroatoms. The molecule has 1 aliphatic rings. The van der Waals surface area contributed by atoms with E-state index in [0.717, 1.165) is 12.8 Å².